The quantitative estimate of drug-likeness (QED) is 0.0682. The lowest BCUT2D eigenvalue weighted by Gasteiger charge is -2.09. The molecule has 0 unspecified atom stereocenters. The number of aliphatic imine (C=N–C) groups is 1. The maximum absolute atomic E-state index is 10.5. The first-order valence-electron chi connectivity index (χ1n) is 18.0. The highest BCUT2D eigenvalue weighted by molar-refractivity contribution is 5.85. The topological polar surface area (TPSA) is 74.8 Å². The van der Waals surface area contributed by atoms with E-state index in [1.807, 2.05) is 48.5 Å². The molecule has 4 aromatic carbocycles. The lowest BCUT2D eigenvalue weighted by molar-refractivity contribution is 0.293. The van der Waals surface area contributed by atoms with Gasteiger partial charge in [0.05, 0.1) is 30.5 Å². The first-order valence-corrected chi connectivity index (χ1v) is 18.0. The SMILES string of the molecule is CCCCCCCCCCc1ccc(N=Cc2ccc(OCCCCCCCOc3ccc(-c4ccc(C#N)cc4)cc3)cc2O)cc1. The number of nitrogens with zero attached hydrogens (tertiary/aromatic N) is 2. The zero-order valence-electron chi connectivity index (χ0n) is 28.7. The Morgan fingerprint density at radius 1 is 0.625 bits per heavy atom. The standard InChI is InChI=1S/C43H52N2O3/c1-2-3-4-5-6-7-9-12-15-35-18-25-40(26-19-35)45-34-39-24-29-42(32-43(39)46)48-31-14-11-8-10-13-30-47-41-27-22-38(23-28-41)37-20-16-36(33-44)17-21-37/h16-29,32,34,46H,2-15,30-31H2,1H3. The van der Waals surface area contributed by atoms with Gasteiger partial charge in [-0.15, -0.1) is 0 Å². The Balaban J connectivity index is 1.04. The summed E-state index contributed by atoms with van der Waals surface area (Å²) >= 11 is 0. The van der Waals surface area contributed by atoms with Crippen molar-refractivity contribution in [2.75, 3.05) is 13.2 Å². The predicted molar refractivity (Wildman–Crippen MR) is 199 cm³/mol. The van der Waals surface area contributed by atoms with Crippen LogP contribution in [0.1, 0.15) is 107 Å². The molecule has 48 heavy (non-hydrogen) atoms. The van der Waals surface area contributed by atoms with Crippen LogP contribution < -0.4 is 9.47 Å². The number of aromatic hydroxyl groups is 1. The fraction of sp³-hybridized carbons (Fsp3) is 0.395. The Morgan fingerprint density at radius 3 is 1.77 bits per heavy atom. The summed E-state index contributed by atoms with van der Waals surface area (Å²) in [6, 6.07) is 31.7. The van der Waals surface area contributed by atoms with Gasteiger partial charge in [0.2, 0.25) is 0 Å². The van der Waals surface area contributed by atoms with Crippen LogP contribution in [0, 0.1) is 11.3 Å². The minimum Gasteiger partial charge on any atom is -0.507 e. The van der Waals surface area contributed by atoms with E-state index in [9.17, 15) is 5.11 Å². The molecule has 0 heterocycles. The van der Waals surface area contributed by atoms with Gasteiger partial charge in [-0.3, -0.25) is 4.99 Å². The van der Waals surface area contributed by atoms with E-state index in [-0.39, 0.29) is 5.75 Å². The second-order valence-corrected chi connectivity index (χ2v) is 12.5. The summed E-state index contributed by atoms with van der Waals surface area (Å²) in [5, 5.41) is 19.5. The monoisotopic (exact) mass is 644 g/mol. The Morgan fingerprint density at radius 2 is 1.17 bits per heavy atom. The minimum absolute atomic E-state index is 0.173. The average molecular weight is 645 g/mol. The Kier molecular flexibility index (Phi) is 16.1. The van der Waals surface area contributed by atoms with Crippen molar-refractivity contribution in [2.24, 2.45) is 4.99 Å². The van der Waals surface area contributed by atoms with Gasteiger partial charge in [-0.2, -0.15) is 5.26 Å². The van der Waals surface area contributed by atoms with Gasteiger partial charge in [0.15, 0.2) is 0 Å². The number of unbranched alkanes of at least 4 members (excludes halogenated alkanes) is 11. The molecule has 0 fully saturated rings. The van der Waals surface area contributed by atoms with Gasteiger partial charge in [0, 0.05) is 17.8 Å². The van der Waals surface area contributed by atoms with Gasteiger partial charge in [0.1, 0.15) is 17.2 Å². The third-order valence-corrected chi connectivity index (χ3v) is 8.64. The maximum atomic E-state index is 10.5. The molecule has 0 saturated carbocycles. The van der Waals surface area contributed by atoms with Gasteiger partial charge in [-0.1, -0.05) is 108 Å². The Bertz CT molecular complexity index is 1540. The molecule has 0 aliphatic heterocycles. The lowest BCUT2D eigenvalue weighted by atomic mass is 10.0. The Labute approximate surface area is 288 Å². The molecule has 0 atom stereocenters. The summed E-state index contributed by atoms with van der Waals surface area (Å²) in [4.78, 5) is 4.56. The van der Waals surface area contributed by atoms with Crippen molar-refractivity contribution < 1.29 is 14.6 Å². The van der Waals surface area contributed by atoms with Crippen LogP contribution in [-0.2, 0) is 6.42 Å². The number of benzene rings is 4. The molecule has 1 N–H and O–H groups in total. The molecule has 0 aliphatic carbocycles. The molecular weight excluding hydrogens is 592 g/mol. The van der Waals surface area contributed by atoms with E-state index in [1.54, 1.807) is 12.3 Å². The summed E-state index contributed by atoms with van der Waals surface area (Å²) in [6.07, 6.45) is 18.9. The molecule has 5 nitrogen and oxygen atoms in total. The summed E-state index contributed by atoms with van der Waals surface area (Å²) in [6.45, 7) is 3.59. The number of hydrogen-bond acceptors (Lipinski definition) is 5. The minimum atomic E-state index is 0.173. The molecule has 252 valence electrons. The summed E-state index contributed by atoms with van der Waals surface area (Å²) in [5.74, 6) is 1.72. The van der Waals surface area contributed by atoms with E-state index in [4.69, 9.17) is 14.7 Å². The second kappa shape index (κ2) is 21.3. The second-order valence-electron chi connectivity index (χ2n) is 12.5. The first-order chi connectivity index (χ1) is 23.6. The Hall–Kier alpha value is -4.56. The molecule has 0 spiro atoms. The van der Waals surface area contributed by atoms with Crippen molar-refractivity contribution >= 4 is 11.9 Å². The molecule has 5 heteroatoms. The van der Waals surface area contributed by atoms with E-state index in [0.29, 0.717) is 30.1 Å². The molecule has 4 aromatic rings. The molecule has 0 bridgehead atoms. The van der Waals surface area contributed by atoms with E-state index >= 15 is 0 Å². The number of phenolic OH excluding ortho intramolecular Hbond substituents is 1. The van der Waals surface area contributed by atoms with Gasteiger partial charge < -0.3 is 14.6 Å². The van der Waals surface area contributed by atoms with Gasteiger partial charge in [0.25, 0.3) is 0 Å². The third kappa shape index (κ3) is 13.3. The fourth-order valence-corrected chi connectivity index (χ4v) is 5.67. The van der Waals surface area contributed by atoms with Crippen LogP contribution in [0.25, 0.3) is 11.1 Å². The highest BCUT2D eigenvalue weighted by Crippen LogP contribution is 2.25. The normalized spacial score (nSPS) is 11.1. The molecule has 4 rings (SSSR count). The van der Waals surface area contributed by atoms with Crippen molar-refractivity contribution in [1.82, 2.24) is 0 Å². The number of hydrogen-bond donors (Lipinski definition) is 1. The van der Waals surface area contributed by atoms with Crippen LogP contribution in [0.4, 0.5) is 5.69 Å². The molecular formula is C43H52N2O3. The van der Waals surface area contributed by atoms with Crippen molar-refractivity contribution in [3.05, 3.63) is 108 Å². The number of phenols is 1. The molecule has 0 amide bonds. The maximum Gasteiger partial charge on any atom is 0.128 e. The molecule has 0 saturated heterocycles. The lowest BCUT2D eigenvalue weighted by Crippen LogP contribution is -1.99. The third-order valence-electron chi connectivity index (χ3n) is 8.64. The summed E-state index contributed by atoms with van der Waals surface area (Å²) in [7, 11) is 0. The fourth-order valence-electron chi connectivity index (χ4n) is 5.67. The smallest absolute Gasteiger partial charge is 0.128 e. The zero-order valence-corrected chi connectivity index (χ0v) is 28.7. The largest absolute Gasteiger partial charge is 0.507 e. The number of ether oxygens (including phenoxy) is 2. The van der Waals surface area contributed by atoms with E-state index in [2.05, 4.69) is 54.4 Å². The zero-order chi connectivity index (χ0) is 33.7. The number of nitriles is 1. The highest BCUT2D eigenvalue weighted by atomic mass is 16.5. The van der Waals surface area contributed by atoms with E-state index < -0.39 is 0 Å². The van der Waals surface area contributed by atoms with Gasteiger partial charge in [-0.05, 0) is 90.9 Å². The predicted octanol–water partition coefficient (Wildman–Crippen LogP) is 11.8. The summed E-state index contributed by atoms with van der Waals surface area (Å²) < 4.78 is 11.8. The van der Waals surface area contributed by atoms with Crippen LogP contribution in [0.15, 0.2) is 96.0 Å². The van der Waals surface area contributed by atoms with Crippen LogP contribution in [0.2, 0.25) is 0 Å². The van der Waals surface area contributed by atoms with Crippen LogP contribution in [0.3, 0.4) is 0 Å². The molecule has 0 radical (unpaired) electrons. The number of rotatable bonds is 22. The van der Waals surface area contributed by atoms with Gasteiger partial charge >= 0.3 is 0 Å². The average Bonchev–Trinajstić information content (AvgIpc) is 3.12. The van der Waals surface area contributed by atoms with Crippen molar-refractivity contribution in [1.29, 1.82) is 5.26 Å². The van der Waals surface area contributed by atoms with E-state index in [0.717, 1.165) is 61.1 Å². The molecule has 0 aromatic heterocycles. The van der Waals surface area contributed by atoms with Crippen LogP contribution in [-0.4, -0.2) is 24.5 Å². The summed E-state index contributed by atoms with van der Waals surface area (Å²) in [5.41, 5.74) is 5.78. The van der Waals surface area contributed by atoms with Crippen LogP contribution in [0.5, 0.6) is 17.2 Å². The van der Waals surface area contributed by atoms with Crippen LogP contribution >= 0.6 is 0 Å². The van der Waals surface area contributed by atoms with Crippen molar-refractivity contribution in [2.45, 2.75) is 96.8 Å². The first kappa shape index (κ1) is 36.3. The van der Waals surface area contributed by atoms with Crippen molar-refractivity contribution in [3.63, 3.8) is 0 Å². The van der Waals surface area contributed by atoms with Crippen molar-refractivity contribution in [3.8, 4) is 34.4 Å². The molecule has 0 aliphatic rings. The highest BCUT2D eigenvalue weighted by Gasteiger charge is 2.04. The van der Waals surface area contributed by atoms with E-state index in [1.165, 1.54) is 56.9 Å². The number of aryl methyl sites for hydroxylation is 1. The van der Waals surface area contributed by atoms with Gasteiger partial charge in [-0.25, -0.2) is 0 Å².